The van der Waals surface area contributed by atoms with Crippen LogP contribution in [0.3, 0.4) is 0 Å². The van der Waals surface area contributed by atoms with Gasteiger partial charge in [-0.2, -0.15) is 0 Å². The standard InChI is InChI=1S/C6H5N3O3/c10-4-1-2-8-5(9(11)12)3-7-6(4)8/h3H,1-2H2. The van der Waals surface area contributed by atoms with E-state index in [-0.39, 0.29) is 17.4 Å². The summed E-state index contributed by atoms with van der Waals surface area (Å²) < 4.78 is 1.34. The average Bonchev–Trinajstić information content (AvgIpc) is 2.53. The molecule has 0 saturated carbocycles. The summed E-state index contributed by atoms with van der Waals surface area (Å²) in [6.45, 7) is 0.379. The number of nitro groups is 1. The van der Waals surface area contributed by atoms with E-state index in [1.807, 2.05) is 0 Å². The lowest BCUT2D eigenvalue weighted by Gasteiger charge is -1.92. The molecule has 1 aliphatic heterocycles. The van der Waals surface area contributed by atoms with E-state index in [1.165, 1.54) is 4.57 Å². The Morgan fingerprint density at radius 2 is 2.42 bits per heavy atom. The third-order valence-electron chi connectivity index (χ3n) is 1.83. The highest BCUT2D eigenvalue weighted by molar-refractivity contribution is 5.95. The Labute approximate surface area is 67.0 Å². The van der Waals surface area contributed by atoms with Gasteiger partial charge in [0.2, 0.25) is 5.78 Å². The predicted molar refractivity (Wildman–Crippen MR) is 37.8 cm³/mol. The number of nitrogens with zero attached hydrogens (tertiary/aromatic N) is 3. The van der Waals surface area contributed by atoms with Gasteiger partial charge in [-0.15, -0.1) is 0 Å². The second-order valence-corrected chi connectivity index (χ2v) is 2.52. The van der Waals surface area contributed by atoms with Gasteiger partial charge in [-0.1, -0.05) is 0 Å². The van der Waals surface area contributed by atoms with E-state index in [4.69, 9.17) is 0 Å². The third-order valence-corrected chi connectivity index (χ3v) is 1.83. The second-order valence-electron chi connectivity index (χ2n) is 2.52. The van der Waals surface area contributed by atoms with Crippen molar-refractivity contribution in [1.29, 1.82) is 0 Å². The molecule has 1 aliphatic rings. The fourth-order valence-corrected chi connectivity index (χ4v) is 1.28. The summed E-state index contributed by atoms with van der Waals surface area (Å²) >= 11 is 0. The number of fused-ring (bicyclic) bond motifs is 1. The van der Waals surface area contributed by atoms with Crippen molar-refractivity contribution in [3.8, 4) is 0 Å². The van der Waals surface area contributed by atoms with Crippen molar-refractivity contribution >= 4 is 11.6 Å². The Bertz CT molecular complexity index is 368. The van der Waals surface area contributed by atoms with Gasteiger partial charge in [0.1, 0.15) is 12.7 Å². The quantitative estimate of drug-likeness (QED) is 0.447. The SMILES string of the molecule is O=C1CCn2c([N+](=O)[O-])cnc21. The molecule has 1 aromatic heterocycles. The zero-order chi connectivity index (χ0) is 8.72. The van der Waals surface area contributed by atoms with Gasteiger partial charge in [-0.25, -0.2) is 9.55 Å². The first-order valence-electron chi connectivity index (χ1n) is 3.43. The molecule has 0 aliphatic carbocycles. The molecule has 0 aromatic carbocycles. The Balaban J connectivity index is 2.56. The van der Waals surface area contributed by atoms with Crippen LogP contribution in [0.15, 0.2) is 6.20 Å². The summed E-state index contributed by atoms with van der Waals surface area (Å²) in [6, 6.07) is 0. The van der Waals surface area contributed by atoms with Crippen LogP contribution in [-0.4, -0.2) is 20.3 Å². The lowest BCUT2D eigenvalue weighted by molar-refractivity contribution is -0.392. The van der Waals surface area contributed by atoms with Crippen LogP contribution in [0.4, 0.5) is 5.82 Å². The van der Waals surface area contributed by atoms with Crippen LogP contribution in [0.1, 0.15) is 17.0 Å². The van der Waals surface area contributed by atoms with Gasteiger partial charge in [-0.05, 0) is 4.92 Å². The monoisotopic (exact) mass is 167 g/mol. The largest absolute Gasteiger partial charge is 0.358 e. The Kier molecular flexibility index (Phi) is 1.24. The Hall–Kier alpha value is -1.72. The maximum Gasteiger partial charge on any atom is 0.343 e. The molecule has 0 bridgehead atoms. The number of carbonyl (C=O) groups excluding carboxylic acids is 1. The van der Waals surface area contributed by atoms with Crippen molar-refractivity contribution in [2.45, 2.75) is 13.0 Å². The molecule has 0 atom stereocenters. The van der Waals surface area contributed by atoms with Gasteiger partial charge in [-0.3, -0.25) is 4.79 Å². The topological polar surface area (TPSA) is 78.0 Å². The van der Waals surface area contributed by atoms with E-state index in [9.17, 15) is 14.9 Å². The fraction of sp³-hybridized carbons (Fsp3) is 0.333. The number of carbonyl (C=O) groups is 1. The van der Waals surface area contributed by atoms with E-state index in [0.717, 1.165) is 6.20 Å². The molecule has 62 valence electrons. The number of aromatic nitrogens is 2. The summed E-state index contributed by atoms with van der Waals surface area (Å²) in [6.07, 6.45) is 1.44. The minimum atomic E-state index is -0.533. The molecule has 2 heterocycles. The molecule has 6 heteroatoms. The number of rotatable bonds is 1. The van der Waals surface area contributed by atoms with Crippen LogP contribution >= 0.6 is 0 Å². The number of hydrogen-bond acceptors (Lipinski definition) is 4. The van der Waals surface area contributed by atoms with Gasteiger partial charge in [0.25, 0.3) is 5.82 Å². The number of ketones is 1. The van der Waals surface area contributed by atoms with Crippen molar-refractivity contribution < 1.29 is 9.72 Å². The van der Waals surface area contributed by atoms with Crippen molar-refractivity contribution in [2.75, 3.05) is 0 Å². The molecular weight excluding hydrogens is 162 g/mol. The fourth-order valence-electron chi connectivity index (χ4n) is 1.28. The summed E-state index contributed by atoms with van der Waals surface area (Å²) in [7, 11) is 0. The first-order chi connectivity index (χ1) is 5.70. The van der Waals surface area contributed by atoms with Crippen molar-refractivity contribution in [3.05, 3.63) is 22.1 Å². The Morgan fingerprint density at radius 1 is 1.67 bits per heavy atom. The van der Waals surface area contributed by atoms with Gasteiger partial charge >= 0.3 is 5.82 Å². The molecule has 6 nitrogen and oxygen atoms in total. The van der Waals surface area contributed by atoms with E-state index < -0.39 is 4.92 Å². The van der Waals surface area contributed by atoms with Crippen LogP contribution in [0.25, 0.3) is 0 Å². The minimum absolute atomic E-state index is 0.101. The molecule has 0 spiro atoms. The smallest absolute Gasteiger partial charge is 0.343 e. The van der Waals surface area contributed by atoms with E-state index in [0.29, 0.717) is 13.0 Å². The maximum absolute atomic E-state index is 11.0. The molecule has 0 unspecified atom stereocenters. The molecule has 1 aromatic rings. The summed E-state index contributed by atoms with van der Waals surface area (Å²) in [5.74, 6) is -0.0133. The minimum Gasteiger partial charge on any atom is -0.358 e. The second kappa shape index (κ2) is 2.13. The summed E-state index contributed by atoms with van der Waals surface area (Å²) in [4.78, 5) is 24.5. The van der Waals surface area contributed by atoms with Crippen molar-refractivity contribution in [3.63, 3.8) is 0 Å². The highest BCUT2D eigenvalue weighted by atomic mass is 16.6. The molecular formula is C6H5N3O3. The molecule has 0 amide bonds. The molecule has 12 heavy (non-hydrogen) atoms. The van der Waals surface area contributed by atoms with Gasteiger partial charge in [0.15, 0.2) is 0 Å². The Morgan fingerprint density at radius 3 is 3.08 bits per heavy atom. The highest BCUT2D eigenvalue weighted by Crippen LogP contribution is 2.21. The van der Waals surface area contributed by atoms with Crippen molar-refractivity contribution in [2.24, 2.45) is 0 Å². The van der Waals surface area contributed by atoms with Crippen molar-refractivity contribution in [1.82, 2.24) is 9.55 Å². The summed E-state index contributed by atoms with van der Waals surface area (Å²) in [5, 5.41) is 10.4. The van der Waals surface area contributed by atoms with Gasteiger partial charge in [0, 0.05) is 0 Å². The lowest BCUT2D eigenvalue weighted by Crippen LogP contribution is -1.99. The first kappa shape index (κ1) is 6.96. The number of Topliss-reactive ketones (excluding diaryl/α,β-unsaturated/α-hetero) is 1. The van der Waals surface area contributed by atoms with Gasteiger partial charge < -0.3 is 10.1 Å². The van der Waals surface area contributed by atoms with Crippen LogP contribution in [0.5, 0.6) is 0 Å². The van der Waals surface area contributed by atoms with Crippen LogP contribution in [0, 0.1) is 10.1 Å². The van der Waals surface area contributed by atoms with E-state index >= 15 is 0 Å². The normalized spacial score (nSPS) is 14.8. The predicted octanol–water partition coefficient (Wildman–Crippen LogP) is 0.378. The van der Waals surface area contributed by atoms with Crippen LogP contribution in [-0.2, 0) is 6.54 Å². The molecule has 0 fully saturated rings. The van der Waals surface area contributed by atoms with Crippen LogP contribution in [0.2, 0.25) is 0 Å². The zero-order valence-corrected chi connectivity index (χ0v) is 6.06. The molecule has 2 rings (SSSR count). The lowest BCUT2D eigenvalue weighted by atomic mass is 10.3. The van der Waals surface area contributed by atoms with E-state index in [1.54, 1.807) is 0 Å². The number of imidazole rings is 1. The first-order valence-corrected chi connectivity index (χ1v) is 3.43. The molecule has 0 N–H and O–H groups in total. The average molecular weight is 167 g/mol. The summed E-state index contributed by atoms with van der Waals surface area (Å²) in [5.41, 5.74) is 0. The maximum atomic E-state index is 11.0. The van der Waals surface area contributed by atoms with Crippen LogP contribution < -0.4 is 0 Å². The van der Waals surface area contributed by atoms with E-state index in [2.05, 4.69) is 4.98 Å². The highest BCUT2D eigenvalue weighted by Gasteiger charge is 2.31. The van der Waals surface area contributed by atoms with Gasteiger partial charge in [0.05, 0.1) is 6.42 Å². The number of hydrogen-bond donors (Lipinski definition) is 0. The third kappa shape index (κ3) is 0.744. The zero-order valence-electron chi connectivity index (χ0n) is 6.06. The molecule has 0 radical (unpaired) electrons. The molecule has 0 saturated heterocycles.